The van der Waals surface area contributed by atoms with Gasteiger partial charge in [0.1, 0.15) is 11.5 Å². The molecular weight excluding hydrogens is 366 g/mol. The van der Waals surface area contributed by atoms with Gasteiger partial charge in [-0.2, -0.15) is 0 Å². The Kier molecular flexibility index (Phi) is 6.22. The van der Waals surface area contributed by atoms with Crippen molar-refractivity contribution in [3.8, 4) is 5.75 Å². The van der Waals surface area contributed by atoms with Gasteiger partial charge in [0.25, 0.3) is 5.91 Å². The Bertz CT molecular complexity index is 656. The molecule has 0 bridgehead atoms. The van der Waals surface area contributed by atoms with Gasteiger partial charge < -0.3 is 19.2 Å². The lowest BCUT2D eigenvalue weighted by atomic mass is 10.3. The van der Waals surface area contributed by atoms with Crippen LogP contribution in [0, 0.1) is 0 Å². The van der Waals surface area contributed by atoms with Crippen molar-refractivity contribution in [2.45, 2.75) is 19.6 Å². The molecular formula is C16H16BrNO5. The molecule has 2 rings (SSSR count). The van der Waals surface area contributed by atoms with Crippen molar-refractivity contribution in [2.24, 2.45) is 0 Å². The molecule has 0 aliphatic rings. The van der Waals surface area contributed by atoms with E-state index in [-0.39, 0.29) is 13.2 Å². The Morgan fingerprint density at radius 2 is 2.13 bits per heavy atom. The van der Waals surface area contributed by atoms with E-state index in [9.17, 15) is 9.59 Å². The molecule has 0 fully saturated rings. The SMILES string of the molecule is C[C@H](OC(=O)COc1cccc(Br)c1)C(=O)NCc1ccco1. The summed E-state index contributed by atoms with van der Waals surface area (Å²) in [5.41, 5.74) is 0. The predicted molar refractivity (Wildman–Crippen MR) is 85.7 cm³/mol. The van der Waals surface area contributed by atoms with Crippen LogP contribution in [0.4, 0.5) is 0 Å². The quantitative estimate of drug-likeness (QED) is 0.745. The van der Waals surface area contributed by atoms with E-state index >= 15 is 0 Å². The van der Waals surface area contributed by atoms with E-state index < -0.39 is 18.0 Å². The molecule has 0 saturated heterocycles. The summed E-state index contributed by atoms with van der Waals surface area (Å²) in [6.45, 7) is 1.46. The summed E-state index contributed by atoms with van der Waals surface area (Å²) in [4.78, 5) is 23.5. The Hall–Kier alpha value is -2.28. The van der Waals surface area contributed by atoms with Crippen molar-refractivity contribution in [2.75, 3.05) is 6.61 Å². The van der Waals surface area contributed by atoms with Crippen molar-refractivity contribution in [3.05, 3.63) is 52.9 Å². The van der Waals surface area contributed by atoms with Crippen LogP contribution >= 0.6 is 15.9 Å². The Balaban J connectivity index is 1.72. The van der Waals surface area contributed by atoms with E-state index in [1.807, 2.05) is 6.07 Å². The topological polar surface area (TPSA) is 77.8 Å². The highest BCUT2D eigenvalue weighted by atomic mass is 79.9. The number of halogens is 1. The van der Waals surface area contributed by atoms with E-state index in [1.54, 1.807) is 30.3 Å². The normalized spacial score (nSPS) is 11.6. The number of rotatable bonds is 7. The maximum absolute atomic E-state index is 11.8. The molecule has 0 spiro atoms. The van der Waals surface area contributed by atoms with Crippen molar-refractivity contribution < 1.29 is 23.5 Å². The van der Waals surface area contributed by atoms with Gasteiger partial charge >= 0.3 is 5.97 Å². The molecule has 1 heterocycles. The van der Waals surface area contributed by atoms with Gasteiger partial charge in [0.05, 0.1) is 12.8 Å². The van der Waals surface area contributed by atoms with E-state index in [1.165, 1.54) is 13.2 Å². The number of furan rings is 1. The molecule has 0 unspecified atom stereocenters. The largest absolute Gasteiger partial charge is 0.482 e. The van der Waals surface area contributed by atoms with Crippen LogP contribution in [-0.2, 0) is 20.9 Å². The minimum absolute atomic E-state index is 0.238. The standard InChI is InChI=1S/C16H16BrNO5/c1-11(16(20)18-9-14-6-3-7-21-14)23-15(19)10-22-13-5-2-4-12(17)8-13/h2-8,11H,9-10H2,1H3,(H,18,20)/t11-/m0/s1. The van der Waals surface area contributed by atoms with Gasteiger partial charge in [-0.1, -0.05) is 22.0 Å². The Labute approximate surface area is 141 Å². The maximum Gasteiger partial charge on any atom is 0.344 e. The zero-order valence-electron chi connectivity index (χ0n) is 12.5. The summed E-state index contributed by atoms with van der Waals surface area (Å²) in [7, 11) is 0. The summed E-state index contributed by atoms with van der Waals surface area (Å²) in [6.07, 6.45) is 0.605. The first kappa shape index (κ1) is 17.1. The lowest BCUT2D eigenvalue weighted by Crippen LogP contribution is -2.36. The summed E-state index contributed by atoms with van der Waals surface area (Å²) in [6, 6.07) is 10.5. The lowest BCUT2D eigenvalue weighted by molar-refractivity contribution is -0.156. The van der Waals surface area contributed by atoms with Gasteiger partial charge in [-0.15, -0.1) is 0 Å². The minimum atomic E-state index is -0.913. The number of ether oxygens (including phenoxy) is 2. The van der Waals surface area contributed by atoms with E-state index in [4.69, 9.17) is 13.9 Å². The fourth-order valence-corrected chi connectivity index (χ4v) is 2.09. The maximum atomic E-state index is 11.8. The van der Waals surface area contributed by atoms with E-state index in [2.05, 4.69) is 21.2 Å². The smallest absolute Gasteiger partial charge is 0.344 e. The number of esters is 1. The highest BCUT2D eigenvalue weighted by molar-refractivity contribution is 9.10. The van der Waals surface area contributed by atoms with Crippen molar-refractivity contribution in [1.82, 2.24) is 5.32 Å². The van der Waals surface area contributed by atoms with Crippen LogP contribution in [0.3, 0.4) is 0 Å². The molecule has 1 atom stereocenters. The van der Waals surface area contributed by atoms with Crippen molar-refractivity contribution >= 4 is 27.8 Å². The van der Waals surface area contributed by atoms with Crippen LogP contribution in [0.15, 0.2) is 51.6 Å². The average molecular weight is 382 g/mol. The summed E-state index contributed by atoms with van der Waals surface area (Å²) in [5, 5.41) is 2.61. The van der Waals surface area contributed by atoms with Crippen molar-refractivity contribution in [1.29, 1.82) is 0 Å². The van der Waals surface area contributed by atoms with E-state index in [0.29, 0.717) is 11.5 Å². The molecule has 7 heteroatoms. The second-order valence-electron chi connectivity index (χ2n) is 4.68. The highest BCUT2D eigenvalue weighted by Gasteiger charge is 2.18. The summed E-state index contributed by atoms with van der Waals surface area (Å²) < 4.78 is 16.2. The van der Waals surface area contributed by atoms with Gasteiger partial charge in [0.15, 0.2) is 12.7 Å². The number of benzene rings is 1. The van der Waals surface area contributed by atoms with Crippen LogP contribution in [0.1, 0.15) is 12.7 Å². The molecule has 0 aliphatic carbocycles. The first-order valence-corrected chi connectivity index (χ1v) is 7.72. The zero-order valence-corrected chi connectivity index (χ0v) is 14.0. The van der Waals surface area contributed by atoms with Gasteiger partial charge in [0.2, 0.25) is 0 Å². The number of hydrogen-bond donors (Lipinski definition) is 1. The third-order valence-electron chi connectivity index (χ3n) is 2.85. The number of nitrogens with one attached hydrogen (secondary N) is 1. The second-order valence-corrected chi connectivity index (χ2v) is 5.59. The molecule has 2 aromatic rings. The fraction of sp³-hybridized carbons (Fsp3) is 0.250. The molecule has 1 amide bonds. The van der Waals surface area contributed by atoms with Crippen LogP contribution in [0.25, 0.3) is 0 Å². The summed E-state index contributed by atoms with van der Waals surface area (Å²) in [5.74, 6) is 0.129. The number of amides is 1. The number of hydrogen-bond acceptors (Lipinski definition) is 5. The number of carbonyl (C=O) groups excluding carboxylic acids is 2. The first-order valence-electron chi connectivity index (χ1n) is 6.92. The number of carbonyl (C=O) groups is 2. The van der Waals surface area contributed by atoms with Gasteiger partial charge in [-0.3, -0.25) is 4.79 Å². The van der Waals surface area contributed by atoms with E-state index in [0.717, 1.165) is 4.47 Å². The molecule has 23 heavy (non-hydrogen) atoms. The van der Waals surface area contributed by atoms with Crippen molar-refractivity contribution in [3.63, 3.8) is 0 Å². The molecule has 6 nitrogen and oxygen atoms in total. The molecule has 122 valence electrons. The van der Waals surface area contributed by atoms with Crippen LogP contribution in [-0.4, -0.2) is 24.6 Å². The molecule has 0 radical (unpaired) electrons. The Morgan fingerprint density at radius 3 is 2.83 bits per heavy atom. The Morgan fingerprint density at radius 1 is 1.30 bits per heavy atom. The zero-order chi connectivity index (χ0) is 16.7. The first-order chi connectivity index (χ1) is 11.0. The van der Waals surface area contributed by atoms with Gasteiger partial charge in [0, 0.05) is 4.47 Å². The highest BCUT2D eigenvalue weighted by Crippen LogP contribution is 2.17. The van der Waals surface area contributed by atoms with Crippen LogP contribution < -0.4 is 10.1 Å². The third kappa shape index (κ3) is 5.78. The van der Waals surface area contributed by atoms with Gasteiger partial charge in [-0.25, -0.2) is 4.79 Å². The monoisotopic (exact) mass is 381 g/mol. The average Bonchev–Trinajstić information content (AvgIpc) is 3.04. The predicted octanol–water partition coefficient (Wildman–Crippen LogP) is 2.67. The lowest BCUT2D eigenvalue weighted by Gasteiger charge is -2.13. The molecule has 1 aromatic carbocycles. The van der Waals surface area contributed by atoms with Crippen LogP contribution in [0.5, 0.6) is 5.75 Å². The molecule has 1 aromatic heterocycles. The van der Waals surface area contributed by atoms with Crippen LogP contribution in [0.2, 0.25) is 0 Å². The molecule has 1 N–H and O–H groups in total. The second kappa shape index (κ2) is 8.38. The molecule has 0 saturated carbocycles. The summed E-state index contributed by atoms with van der Waals surface area (Å²) >= 11 is 3.31. The fourth-order valence-electron chi connectivity index (χ4n) is 1.71. The third-order valence-corrected chi connectivity index (χ3v) is 3.34. The molecule has 0 aliphatic heterocycles. The minimum Gasteiger partial charge on any atom is -0.482 e. The van der Waals surface area contributed by atoms with Gasteiger partial charge in [-0.05, 0) is 37.3 Å².